The van der Waals surface area contributed by atoms with Crippen LogP contribution in [0.5, 0.6) is 0 Å². The highest BCUT2D eigenvalue weighted by atomic mass is 79.9. The zero-order valence-electron chi connectivity index (χ0n) is 8.84. The summed E-state index contributed by atoms with van der Waals surface area (Å²) in [5.74, 6) is -2.74. The monoisotopic (exact) mass is 288 g/mol. The molecule has 0 heterocycles. The minimum Gasteiger partial charge on any atom is -0.460 e. The maximum absolute atomic E-state index is 13.4. The topological polar surface area (TPSA) is 43.4 Å². The number of carbonyl (C=O) groups is 2. The summed E-state index contributed by atoms with van der Waals surface area (Å²) in [5.41, 5.74) is 0.410. The Labute approximate surface area is 101 Å². The molecule has 0 saturated carbocycles. The fraction of sp³-hybridized carbons (Fsp3) is 0.273. The molecule has 0 fully saturated rings. The lowest BCUT2D eigenvalue weighted by Crippen LogP contribution is -2.19. The van der Waals surface area contributed by atoms with E-state index in [2.05, 4.69) is 20.7 Å². The highest BCUT2D eigenvalue weighted by Gasteiger charge is 2.21. The number of halogens is 2. The number of aryl methyl sites for hydroxylation is 1. The van der Waals surface area contributed by atoms with Crippen LogP contribution in [-0.4, -0.2) is 18.4 Å². The molecule has 1 aromatic rings. The quantitative estimate of drug-likeness (QED) is 0.488. The average Bonchev–Trinajstić information content (AvgIpc) is 2.23. The van der Waals surface area contributed by atoms with Crippen LogP contribution in [0.2, 0.25) is 0 Å². The molecule has 0 aliphatic rings. The largest absolute Gasteiger partial charge is 0.460 e. The Bertz CT molecular complexity index is 443. The second-order valence-corrected chi connectivity index (χ2v) is 3.99. The van der Waals surface area contributed by atoms with Crippen molar-refractivity contribution in [2.24, 2.45) is 0 Å². The van der Waals surface area contributed by atoms with Gasteiger partial charge in [0.05, 0.1) is 12.2 Å². The van der Waals surface area contributed by atoms with Crippen molar-refractivity contribution in [2.45, 2.75) is 13.8 Å². The number of carbonyl (C=O) groups excluding carboxylic acids is 2. The molecule has 86 valence electrons. The Kier molecular flexibility index (Phi) is 4.18. The zero-order chi connectivity index (χ0) is 12.3. The number of hydrogen-bond acceptors (Lipinski definition) is 3. The average molecular weight is 289 g/mol. The molecule has 0 aliphatic carbocycles. The van der Waals surface area contributed by atoms with E-state index in [1.54, 1.807) is 13.8 Å². The second kappa shape index (κ2) is 5.21. The van der Waals surface area contributed by atoms with Gasteiger partial charge < -0.3 is 4.74 Å². The predicted molar refractivity (Wildman–Crippen MR) is 59.8 cm³/mol. The molecule has 0 aliphatic heterocycles. The van der Waals surface area contributed by atoms with Crippen molar-refractivity contribution in [1.82, 2.24) is 0 Å². The van der Waals surface area contributed by atoms with Crippen LogP contribution in [0.3, 0.4) is 0 Å². The summed E-state index contributed by atoms with van der Waals surface area (Å²) < 4.78 is 18.5. The van der Waals surface area contributed by atoms with Crippen LogP contribution >= 0.6 is 15.9 Å². The summed E-state index contributed by atoms with van der Waals surface area (Å²) in [6, 6.07) is 2.47. The molecule has 0 bridgehead atoms. The van der Waals surface area contributed by atoms with E-state index in [0.717, 1.165) is 6.07 Å². The number of ether oxygens (including phenoxy) is 1. The maximum atomic E-state index is 13.4. The van der Waals surface area contributed by atoms with Gasteiger partial charge in [-0.3, -0.25) is 4.79 Å². The molecule has 0 atom stereocenters. The minimum absolute atomic E-state index is 0.0850. The molecule has 0 saturated heterocycles. The van der Waals surface area contributed by atoms with Crippen molar-refractivity contribution in [2.75, 3.05) is 6.61 Å². The van der Waals surface area contributed by atoms with Crippen LogP contribution in [0.25, 0.3) is 0 Å². The highest BCUT2D eigenvalue weighted by molar-refractivity contribution is 9.10. The molecule has 5 heteroatoms. The Morgan fingerprint density at radius 3 is 2.62 bits per heavy atom. The van der Waals surface area contributed by atoms with Gasteiger partial charge in [0, 0.05) is 4.47 Å². The second-order valence-electron chi connectivity index (χ2n) is 3.13. The van der Waals surface area contributed by atoms with Gasteiger partial charge in [0.1, 0.15) is 5.82 Å². The van der Waals surface area contributed by atoms with E-state index in [9.17, 15) is 14.0 Å². The van der Waals surface area contributed by atoms with Gasteiger partial charge in [-0.05, 0) is 31.5 Å². The summed E-state index contributed by atoms with van der Waals surface area (Å²) in [4.78, 5) is 22.6. The first-order valence-corrected chi connectivity index (χ1v) is 5.43. The summed E-state index contributed by atoms with van der Waals surface area (Å²) in [6.45, 7) is 3.36. The molecule has 0 unspecified atom stereocenters. The SMILES string of the molecule is CCOC(=O)C(=O)c1cc(C)c(Br)cc1F. The Hall–Kier alpha value is -1.23. The fourth-order valence-electron chi connectivity index (χ4n) is 1.14. The number of ketones is 1. The summed E-state index contributed by atoms with van der Waals surface area (Å²) >= 11 is 3.13. The Morgan fingerprint density at radius 1 is 1.44 bits per heavy atom. The van der Waals surface area contributed by atoms with Crippen LogP contribution in [0.1, 0.15) is 22.8 Å². The minimum atomic E-state index is -1.04. The molecule has 3 nitrogen and oxygen atoms in total. The molecular weight excluding hydrogens is 279 g/mol. The number of Topliss-reactive ketones (excluding diaryl/α,β-unsaturated/α-hetero) is 1. The van der Waals surface area contributed by atoms with Crippen molar-refractivity contribution in [1.29, 1.82) is 0 Å². The van der Waals surface area contributed by atoms with Crippen LogP contribution < -0.4 is 0 Å². The first kappa shape index (κ1) is 12.8. The van der Waals surface area contributed by atoms with Gasteiger partial charge in [-0.1, -0.05) is 15.9 Å². The molecule has 0 amide bonds. The summed E-state index contributed by atoms with van der Waals surface area (Å²) in [6.07, 6.45) is 0. The Balaban J connectivity index is 3.09. The smallest absolute Gasteiger partial charge is 0.379 e. The number of hydrogen-bond donors (Lipinski definition) is 0. The molecule has 0 N–H and O–H groups in total. The normalized spacial score (nSPS) is 10.0. The molecule has 0 aromatic heterocycles. The molecule has 1 rings (SSSR count). The lowest BCUT2D eigenvalue weighted by atomic mass is 10.1. The first-order chi connectivity index (χ1) is 7.47. The molecule has 1 aromatic carbocycles. The molecule has 0 spiro atoms. The third kappa shape index (κ3) is 2.66. The van der Waals surface area contributed by atoms with Gasteiger partial charge in [0.15, 0.2) is 0 Å². The van der Waals surface area contributed by atoms with E-state index in [0.29, 0.717) is 10.0 Å². The van der Waals surface area contributed by atoms with Crippen LogP contribution in [0.15, 0.2) is 16.6 Å². The van der Waals surface area contributed by atoms with Crippen molar-refractivity contribution in [3.05, 3.63) is 33.5 Å². The van der Waals surface area contributed by atoms with Crippen molar-refractivity contribution < 1.29 is 18.7 Å². The van der Waals surface area contributed by atoms with Crippen molar-refractivity contribution in [3.8, 4) is 0 Å². The van der Waals surface area contributed by atoms with Crippen LogP contribution in [0, 0.1) is 12.7 Å². The van der Waals surface area contributed by atoms with E-state index < -0.39 is 17.6 Å². The highest BCUT2D eigenvalue weighted by Crippen LogP contribution is 2.21. The van der Waals surface area contributed by atoms with E-state index in [1.807, 2.05) is 0 Å². The van der Waals surface area contributed by atoms with Gasteiger partial charge in [0.25, 0.3) is 5.78 Å². The first-order valence-electron chi connectivity index (χ1n) is 4.64. The number of benzene rings is 1. The van der Waals surface area contributed by atoms with Crippen molar-refractivity contribution in [3.63, 3.8) is 0 Å². The number of rotatable bonds is 3. The lowest BCUT2D eigenvalue weighted by Gasteiger charge is -2.05. The maximum Gasteiger partial charge on any atom is 0.379 e. The molecule has 16 heavy (non-hydrogen) atoms. The third-order valence-electron chi connectivity index (χ3n) is 1.95. The van der Waals surface area contributed by atoms with Gasteiger partial charge in [-0.2, -0.15) is 0 Å². The standard InChI is InChI=1S/C11H10BrFO3/c1-3-16-11(15)10(14)7-4-6(2)8(12)5-9(7)13/h4-5H,3H2,1-2H3. The van der Waals surface area contributed by atoms with Gasteiger partial charge in [-0.15, -0.1) is 0 Å². The van der Waals surface area contributed by atoms with E-state index >= 15 is 0 Å². The third-order valence-corrected chi connectivity index (χ3v) is 2.81. The summed E-state index contributed by atoms with van der Waals surface area (Å²) in [7, 11) is 0. The van der Waals surface area contributed by atoms with Crippen LogP contribution in [0.4, 0.5) is 4.39 Å². The lowest BCUT2D eigenvalue weighted by molar-refractivity contribution is -0.137. The van der Waals surface area contributed by atoms with E-state index in [4.69, 9.17) is 0 Å². The zero-order valence-corrected chi connectivity index (χ0v) is 10.4. The predicted octanol–water partition coefficient (Wildman–Crippen LogP) is 2.64. The molecule has 0 radical (unpaired) electrons. The van der Waals surface area contributed by atoms with E-state index in [-0.39, 0.29) is 12.2 Å². The number of esters is 1. The Morgan fingerprint density at radius 2 is 2.06 bits per heavy atom. The van der Waals surface area contributed by atoms with Crippen molar-refractivity contribution >= 4 is 27.7 Å². The fourth-order valence-corrected chi connectivity index (χ4v) is 1.45. The van der Waals surface area contributed by atoms with Crippen LogP contribution in [-0.2, 0) is 9.53 Å². The van der Waals surface area contributed by atoms with E-state index in [1.165, 1.54) is 6.07 Å². The van der Waals surface area contributed by atoms with Gasteiger partial charge in [0.2, 0.25) is 0 Å². The summed E-state index contributed by atoms with van der Waals surface area (Å²) in [5, 5.41) is 0. The molecular formula is C11H10BrFO3. The van der Waals surface area contributed by atoms with Gasteiger partial charge in [-0.25, -0.2) is 9.18 Å². The van der Waals surface area contributed by atoms with Gasteiger partial charge >= 0.3 is 5.97 Å².